The van der Waals surface area contributed by atoms with Crippen LogP contribution in [0, 0.1) is 17.8 Å². The van der Waals surface area contributed by atoms with E-state index in [1.54, 1.807) is 0 Å². The normalized spacial score (nSPS) is 13.1. The lowest BCUT2D eigenvalue weighted by molar-refractivity contribution is 0.407. The Hall–Kier alpha value is -2.94. The molecule has 2 aromatic carbocycles. The summed E-state index contributed by atoms with van der Waals surface area (Å²) in [5.41, 5.74) is 9.65. The maximum Gasteiger partial charge on any atom is 0.148 e. The largest absolute Gasteiger partial charge is 0.292 e. The molecule has 0 fully saturated rings. The van der Waals surface area contributed by atoms with E-state index in [1.807, 2.05) is 0 Å². The van der Waals surface area contributed by atoms with E-state index in [4.69, 9.17) is 9.97 Å². The van der Waals surface area contributed by atoms with Gasteiger partial charge in [-0.2, -0.15) is 0 Å². The van der Waals surface area contributed by atoms with Crippen molar-refractivity contribution in [3.63, 3.8) is 0 Å². The maximum absolute atomic E-state index is 5.18. The number of fused-ring (bicyclic) bond motifs is 8. The van der Waals surface area contributed by atoms with Crippen LogP contribution in [0.3, 0.4) is 0 Å². The lowest BCUT2D eigenvalue weighted by Gasteiger charge is -2.19. The molecule has 0 N–H and O–H groups in total. The molecule has 5 aromatic rings. The second-order valence-electron chi connectivity index (χ2n) is 11.7. The zero-order valence-corrected chi connectivity index (χ0v) is 20.4. The first kappa shape index (κ1) is 20.9. The van der Waals surface area contributed by atoms with Gasteiger partial charge in [0.2, 0.25) is 0 Å². The summed E-state index contributed by atoms with van der Waals surface area (Å²) in [6.45, 7) is 15.9. The fourth-order valence-corrected chi connectivity index (χ4v) is 4.98. The Morgan fingerprint density at radius 1 is 0.781 bits per heavy atom. The lowest BCUT2D eigenvalue weighted by atomic mass is 9.88. The quantitative estimate of drug-likeness (QED) is 0.273. The van der Waals surface area contributed by atoms with Crippen LogP contribution in [0.4, 0.5) is 0 Å². The fraction of sp³-hybridized carbons (Fsp3) is 0.379. The van der Waals surface area contributed by atoms with Crippen LogP contribution < -0.4 is 0 Å². The molecule has 3 heteroatoms. The van der Waals surface area contributed by atoms with E-state index in [0.717, 1.165) is 40.6 Å². The molecule has 0 saturated heterocycles. The molecule has 0 unspecified atom stereocenters. The third-order valence-electron chi connectivity index (χ3n) is 6.06. The van der Waals surface area contributed by atoms with E-state index < -0.39 is 0 Å². The van der Waals surface area contributed by atoms with Crippen molar-refractivity contribution >= 4 is 38.5 Å². The smallest absolute Gasteiger partial charge is 0.148 e. The van der Waals surface area contributed by atoms with Gasteiger partial charge in [0.15, 0.2) is 0 Å². The third-order valence-corrected chi connectivity index (χ3v) is 6.06. The number of hydrogen-bond acceptors (Lipinski definition) is 2. The van der Waals surface area contributed by atoms with Crippen molar-refractivity contribution < 1.29 is 0 Å². The van der Waals surface area contributed by atoms with E-state index in [9.17, 15) is 0 Å². The van der Waals surface area contributed by atoms with Gasteiger partial charge in [0.05, 0.1) is 22.1 Å². The van der Waals surface area contributed by atoms with Crippen LogP contribution in [0.25, 0.3) is 38.5 Å². The summed E-state index contributed by atoms with van der Waals surface area (Å²) in [6.07, 6.45) is 1.99. The minimum Gasteiger partial charge on any atom is -0.292 e. The van der Waals surface area contributed by atoms with Gasteiger partial charge in [-0.3, -0.25) is 9.38 Å². The Labute approximate surface area is 190 Å². The number of para-hydroxylation sites is 1. The highest BCUT2D eigenvalue weighted by Crippen LogP contribution is 2.35. The average Bonchev–Trinajstić information content (AvgIpc) is 3.04. The number of nitrogens with zero attached hydrogens (tertiary/aromatic N) is 3. The van der Waals surface area contributed by atoms with Crippen molar-refractivity contribution in [3.05, 3.63) is 65.4 Å². The van der Waals surface area contributed by atoms with Gasteiger partial charge < -0.3 is 0 Å². The van der Waals surface area contributed by atoms with Crippen LogP contribution in [-0.4, -0.2) is 14.4 Å². The van der Waals surface area contributed by atoms with Crippen LogP contribution >= 0.6 is 0 Å². The van der Waals surface area contributed by atoms with Crippen LogP contribution in [0.5, 0.6) is 0 Å². The van der Waals surface area contributed by atoms with Crippen LogP contribution in [0.2, 0.25) is 0 Å². The first-order valence-electron chi connectivity index (χ1n) is 11.6. The van der Waals surface area contributed by atoms with Crippen molar-refractivity contribution in [2.24, 2.45) is 10.8 Å². The predicted molar refractivity (Wildman–Crippen MR) is 137 cm³/mol. The van der Waals surface area contributed by atoms with Gasteiger partial charge in [-0.15, -0.1) is 0 Å². The first-order valence-corrected chi connectivity index (χ1v) is 11.6. The molecule has 0 spiro atoms. The Bertz CT molecular complexity index is 1490. The Morgan fingerprint density at radius 2 is 1.50 bits per heavy atom. The number of rotatable bonds is 2. The number of aromatic nitrogens is 3. The molecule has 32 heavy (non-hydrogen) atoms. The molecular formula is C29H33N3. The van der Waals surface area contributed by atoms with E-state index in [1.165, 1.54) is 27.5 Å². The van der Waals surface area contributed by atoms with E-state index in [-0.39, 0.29) is 10.8 Å². The number of pyridine rings is 2. The molecular weight excluding hydrogens is 390 g/mol. The molecule has 3 nitrogen and oxygen atoms in total. The molecule has 0 amide bonds. The molecule has 3 aromatic heterocycles. The predicted octanol–water partition coefficient (Wildman–Crippen LogP) is 7.67. The second kappa shape index (κ2) is 7.03. The van der Waals surface area contributed by atoms with Crippen LogP contribution in [-0.2, 0) is 12.8 Å². The summed E-state index contributed by atoms with van der Waals surface area (Å²) in [5, 5.41) is 2.35. The highest BCUT2D eigenvalue weighted by atomic mass is 15.0. The third kappa shape index (κ3) is 3.64. The van der Waals surface area contributed by atoms with Gasteiger partial charge in [0, 0.05) is 16.5 Å². The SMILES string of the molecule is Cc1cc(CC(C)(C)C)nc2c3ccccc3n3c4cc(CC(C)(C)C)ccc4nc3c12. The van der Waals surface area contributed by atoms with E-state index in [2.05, 4.69) is 101 Å². The van der Waals surface area contributed by atoms with Gasteiger partial charge in [-0.25, -0.2) is 4.98 Å². The molecule has 0 aliphatic carbocycles. The molecule has 164 valence electrons. The Morgan fingerprint density at radius 3 is 2.22 bits per heavy atom. The second-order valence-corrected chi connectivity index (χ2v) is 11.7. The van der Waals surface area contributed by atoms with Gasteiger partial charge in [0.1, 0.15) is 5.65 Å². The molecule has 0 aliphatic rings. The molecule has 5 rings (SSSR count). The van der Waals surface area contributed by atoms with E-state index in [0.29, 0.717) is 0 Å². The van der Waals surface area contributed by atoms with Crippen molar-refractivity contribution in [1.82, 2.24) is 14.4 Å². The summed E-state index contributed by atoms with van der Waals surface area (Å²) in [4.78, 5) is 10.3. The number of hydrogen-bond donors (Lipinski definition) is 0. The number of aryl methyl sites for hydroxylation is 1. The zero-order chi connectivity index (χ0) is 22.8. The van der Waals surface area contributed by atoms with Gasteiger partial charge in [0.25, 0.3) is 0 Å². The Balaban J connectivity index is 1.89. The molecule has 0 aliphatic heterocycles. The maximum atomic E-state index is 5.18. The van der Waals surface area contributed by atoms with Crippen LogP contribution in [0.15, 0.2) is 48.5 Å². The molecule has 0 saturated carbocycles. The molecule has 3 heterocycles. The summed E-state index contributed by atoms with van der Waals surface area (Å²) < 4.78 is 2.34. The van der Waals surface area contributed by atoms with Gasteiger partial charge in [-0.05, 0) is 66.0 Å². The van der Waals surface area contributed by atoms with Crippen molar-refractivity contribution in [1.29, 1.82) is 0 Å². The summed E-state index contributed by atoms with van der Waals surface area (Å²) in [7, 11) is 0. The minimum atomic E-state index is 0.193. The molecule has 0 atom stereocenters. The topological polar surface area (TPSA) is 30.2 Å². The van der Waals surface area contributed by atoms with Crippen molar-refractivity contribution in [2.45, 2.75) is 61.3 Å². The molecule has 0 bridgehead atoms. The van der Waals surface area contributed by atoms with Crippen molar-refractivity contribution in [3.8, 4) is 0 Å². The van der Waals surface area contributed by atoms with Gasteiger partial charge in [-0.1, -0.05) is 65.8 Å². The number of imidazole rings is 1. The Kier molecular flexibility index (Phi) is 4.60. The first-order chi connectivity index (χ1) is 15.0. The monoisotopic (exact) mass is 423 g/mol. The highest BCUT2D eigenvalue weighted by Gasteiger charge is 2.20. The molecule has 0 radical (unpaired) electrons. The fourth-order valence-electron chi connectivity index (χ4n) is 4.98. The lowest BCUT2D eigenvalue weighted by Crippen LogP contribution is -2.11. The van der Waals surface area contributed by atoms with Crippen LogP contribution in [0.1, 0.15) is 58.4 Å². The summed E-state index contributed by atoms with van der Waals surface area (Å²) in [5.74, 6) is 0. The number of benzene rings is 2. The minimum absolute atomic E-state index is 0.193. The zero-order valence-electron chi connectivity index (χ0n) is 20.4. The highest BCUT2D eigenvalue weighted by molar-refractivity contribution is 6.13. The van der Waals surface area contributed by atoms with E-state index >= 15 is 0 Å². The standard InChI is InChI=1S/C29H33N3/c1-18-14-20(17-29(5,6)7)30-26-21-10-8-9-11-23(21)32-24-15-19(16-28(2,3)4)12-13-22(24)31-27(32)25(18)26/h8-15H,16-17H2,1-7H3. The summed E-state index contributed by atoms with van der Waals surface area (Å²) >= 11 is 0. The summed E-state index contributed by atoms with van der Waals surface area (Å²) in [6, 6.07) is 17.6. The average molecular weight is 424 g/mol. The van der Waals surface area contributed by atoms with Crippen molar-refractivity contribution in [2.75, 3.05) is 0 Å². The van der Waals surface area contributed by atoms with Gasteiger partial charge >= 0.3 is 0 Å².